The van der Waals surface area contributed by atoms with Crippen LogP contribution in [0.3, 0.4) is 0 Å². The van der Waals surface area contributed by atoms with Crippen LogP contribution in [0.2, 0.25) is 5.02 Å². The van der Waals surface area contributed by atoms with Gasteiger partial charge in [0.2, 0.25) is 0 Å². The summed E-state index contributed by atoms with van der Waals surface area (Å²) in [7, 11) is 0. The Morgan fingerprint density at radius 2 is 1.95 bits per heavy atom. The van der Waals surface area contributed by atoms with Crippen LogP contribution < -0.4 is 4.74 Å². The van der Waals surface area contributed by atoms with E-state index in [0.717, 1.165) is 59.2 Å². The second-order valence-corrected chi connectivity index (χ2v) is 14.4. The number of likely N-dealkylation sites (tertiary alicyclic amines) is 1. The first kappa shape index (κ1) is 25.5. The fourth-order valence-corrected chi connectivity index (χ4v) is 9.43. The number of aromatic hydroxyl groups is 1. The molecule has 5 aliphatic rings. The average Bonchev–Trinajstić information content (AvgIpc) is 3.64. The number of hydrogen-bond acceptors (Lipinski definition) is 4. The minimum atomic E-state index is -0.993. The maximum atomic E-state index is 13.3. The van der Waals surface area contributed by atoms with Gasteiger partial charge in [-0.1, -0.05) is 49.7 Å². The Hall–Kier alpha value is -2.99. The van der Waals surface area contributed by atoms with Gasteiger partial charge in [0.1, 0.15) is 0 Å². The molecule has 0 amide bonds. The highest BCUT2D eigenvalue weighted by Crippen LogP contribution is 2.69. The number of nitrogens with zero attached hydrogens (tertiary/aromatic N) is 2. The number of rotatable bonds is 5. The van der Waals surface area contributed by atoms with Crippen LogP contribution in [-0.4, -0.2) is 44.4 Å². The molecule has 1 spiro atoms. The zero-order valence-corrected chi connectivity index (χ0v) is 25.0. The molecule has 216 valence electrons. The monoisotopic (exact) mass is 580 g/mol. The molecule has 3 aromatic carbocycles. The first-order valence-corrected chi connectivity index (χ1v) is 16.0. The Bertz CT molecular complexity index is 1790. The van der Waals surface area contributed by atoms with E-state index < -0.39 is 11.0 Å². The van der Waals surface area contributed by atoms with E-state index in [1.165, 1.54) is 34.9 Å². The van der Waals surface area contributed by atoms with Gasteiger partial charge in [-0.15, -0.1) is 0 Å². The molecule has 2 fully saturated rings. The zero-order chi connectivity index (χ0) is 28.5. The molecular formula is C36H37ClN2O3. The molecule has 4 atom stereocenters. The molecule has 42 heavy (non-hydrogen) atoms. The van der Waals surface area contributed by atoms with Gasteiger partial charge in [0.05, 0.1) is 16.7 Å². The van der Waals surface area contributed by atoms with Gasteiger partial charge in [0.25, 0.3) is 0 Å². The summed E-state index contributed by atoms with van der Waals surface area (Å²) in [5.74, 6) is 1.91. The highest BCUT2D eigenvalue weighted by atomic mass is 35.5. The maximum absolute atomic E-state index is 13.3. The molecule has 1 aromatic heterocycles. The van der Waals surface area contributed by atoms with Crippen molar-refractivity contribution in [3.05, 3.63) is 93.1 Å². The number of phenols is 1. The third kappa shape index (κ3) is 3.22. The fraction of sp³-hybridized carbons (Fsp3) is 0.444. The van der Waals surface area contributed by atoms with Crippen molar-refractivity contribution < 1.29 is 14.9 Å². The van der Waals surface area contributed by atoms with Crippen LogP contribution in [0.25, 0.3) is 10.9 Å². The number of fused-ring (bicyclic) bond motifs is 4. The molecule has 2 bridgehead atoms. The number of piperidine rings is 1. The van der Waals surface area contributed by atoms with Crippen LogP contribution in [0.15, 0.2) is 54.6 Å². The van der Waals surface area contributed by atoms with E-state index in [9.17, 15) is 10.2 Å². The Kier molecular flexibility index (Phi) is 5.19. The number of ether oxygens (including phenoxy) is 1. The summed E-state index contributed by atoms with van der Waals surface area (Å²) >= 11 is 6.45. The molecule has 9 rings (SSSR count). The summed E-state index contributed by atoms with van der Waals surface area (Å²) in [6.07, 6.45) is 4.41. The van der Waals surface area contributed by atoms with E-state index >= 15 is 0 Å². The molecule has 6 heteroatoms. The van der Waals surface area contributed by atoms with Gasteiger partial charge in [0, 0.05) is 47.0 Å². The first-order valence-electron chi connectivity index (χ1n) is 15.7. The summed E-state index contributed by atoms with van der Waals surface area (Å²) in [5.41, 5.74) is 6.63. The zero-order valence-electron chi connectivity index (χ0n) is 24.2. The molecular weight excluding hydrogens is 544 g/mol. The quantitative estimate of drug-likeness (QED) is 0.270. The van der Waals surface area contributed by atoms with E-state index in [2.05, 4.69) is 53.6 Å². The van der Waals surface area contributed by atoms with Crippen molar-refractivity contribution >= 4 is 22.5 Å². The van der Waals surface area contributed by atoms with Crippen molar-refractivity contribution in [3.63, 3.8) is 0 Å². The largest absolute Gasteiger partial charge is 0.504 e. The third-order valence-corrected chi connectivity index (χ3v) is 11.6. The Morgan fingerprint density at radius 1 is 1.10 bits per heavy atom. The molecule has 1 saturated heterocycles. The standard InChI is InChI=1S/C36H37ClN2O3/c1-20(2)23-8-10-28-26(15-23)27-17-36(41)30-16-24-9-11-29(40)33-31(24)35(36,12-13-38(30)18-21-6-7-21)34(42-33)32(27)39(28)19-22-4-3-5-25(37)14-22/h3-5,8-11,14-15,20-21,30,34,40-41H,6-7,12-13,16-19H2,1-2H3/t30-,34+,35+,36-/m1/s1. The van der Waals surface area contributed by atoms with Crippen molar-refractivity contribution in [1.82, 2.24) is 9.47 Å². The van der Waals surface area contributed by atoms with Gasteiger partial charge in [0.15, 0.2) is 17.6 Å². The van der Waals surface area contributed by atoms with Crippen LogP contribution in [-0.2, 0) is 24.8 Å². The van der Waals surface area contributed by atoms with Crippen LogP contribution in [0.4, 0.5) is 0 Å². The predicted molar refractivity (Wildman–Crippen MR) is 165 cm³/mol. The molecule has 1 saturated carbocycles. The van der Waals surface area contributed by atoms with Gasteiger partial charge in [-0.3, -0.25) is 4.90 Å². The molecule has 0 radical (unpaired) electrons. The molecule has 3 heterocycles. The van der Waals surface area contributed by atoms with Gasteiger partial charge in [-0.2, -0.15) is 0 Å². The molecule has 0 unspecified atom stereocenters. The first-order chi connectivity index (χ1) is 20.3. The van der Waals surface area contributed by atoms with Crippen LogP contribution in [0.5, 0.6) is 11.5 Å². The lowest BCUT2D eigenvalue weighted by atomic mass is 9.49. The Labute approximate surface area is 251 Å². The molecule has 3 aliphatic carbocycles. The summed E-state index contributed by atoms with van der Waals surface area (Å²) in [4.78, 5) is 2.60. The number of aliphatic hydroxyl groups is 1. The van der Waals surface area contributed by atoms with Crippen LogP contribution in [0, 0.1) is 5.92 Å². The number of aromatic nitrogens is 1. The second-order valence-electron chi connectivity index (χ2n) is 13.9. The topological polar surface area (TPSA) is 57.9 Å². The highest BCUT2D eigenvalue weighted by molar-refractivity contribution is 6.30. The number of halogens is 1. The van der Waals surface area contributed by atoms with Crippen molar-refractivity contribution in [1.29, 1.82) is 0 Å². The lowest BCUT2D eigenvalue weighted by Gasteiger charge is -2.63. The van der Waals surface area contributed by atoms with Crippen molar-refractivity contribution in [2.24, 2.45) is 5.92 Å². The Balaban J connectivity index is 1.32. The lowest BCUT2D eigenvalue weighted by Crippen LogP contribution is -2.74. The Morgan fingerprint density at radius 3 is 2.74 bits per heavy atom. The van der Waals surface area contributed by atoms with E-state index in [1.807, 2.05) is 18.2 Å². The van der Waals surface area contributed by atoms with Crippen molar-refractivity contribution in [2.45, 2.75) is 81.6 Å². The van der Waals surface area contributed by atoms with E-state index in [-0.39, 0.29) is 17.9 Å². The predicted octanol–water partition coefficient (Wildman–Crippen LogP) is 6.87. The minimum absolute atomic E-state index is 0.0219. The second kappa shape index (κ2) is 8.56. The molecule has 4 aromatic rings. The van der Waals surface area contributed by atoms with Gasteiger partial charge in [-0.05, 0) is 96.6 Å². The summed E-state index contributed by atoms with van der Waals surface area (Å²) in [5, 5.41) is 26.4. The molecule has 5 nitrogen and oxygen atoms in total. The van der Waals surface area contributed by atoms with E-state index in [1.54, 1.807) is 6.07 Å². The normalized spacial score (nSPS) is 29.1. The van der Waals surface area contributed by atoms with Crippen molar-refractivity contribution in [3.8, 4) is 11.5 Å². The van der Waals surface area contributed by atoms with Gasteiger partial charge < -0.3 is 19.5 Å². The van der Waals surface area contributed by atoms with E-state index in [0.29, 0.717) is 24.6 Å². The number of phenolic OH excluding ortho intramolecular Hbond substituents is 1. The van der Waals surface area contributed by atoms with Crippen LogP contribution >= 0.6 is 11.6 Å². The summed E-state index contributed by atoms with van der Waals surface area (Å²) in [6, 6.07) is 18.9. The smallest absolute Gasteiger partial charge is 0.166 e. The SMILES string of the molecule is CC(C)c1ccc2c(c1)c1c(n2Cc2cccc(Cl)c2)[C@@H]2Oc3c(O)ccc4c3[C@@]23CCN(CC2CC2)[C@H](C4)[C@]3(O)C1. The summed E-state index contributed by atoms with van der Waals surface area (Å²) in [6.45, 7) is 7.14. The minimum Gasteiger partial charge on any atom is -0.504 e. The van der Waals surface area contributed by atoms with Crippen LogP contribution in [0.1, 0.15) is 78.6 Å². The van der Waals surface area contributed by atoms with Gasteiger partial charge >= 0.3 is 0 Å². The third-order valence-electron chi connectivity index (χ3n) is 11.3. The van der Waals surface area contributed by atoms with Gasteiger partial charge in [-0.25, -0.2) is 0 Å². The lowest BCUT2D eigenvalue weighted by molar-refractivity contribution is -0.173. The highest BCUT2D eigenvalue weighted by Gasteiger charge is 2.73. The van der Waals surface area contributed by atoms with Crippen molar-refractivity contribution in [2.75, 3.05) is 13.1 Å². The molecule has 2 N–H and O–H groups in total. The average molecular weight is 581 g/mol. The fourth-order valence-electron chi connectivity index (χ4n) is 9.22. The number of benzene rings is 3. The summed E-state index contributed by atoms with van der Waals surface area (Å²) < 4.78 is 9.38. The maximum Gasteiger partial charge on any atom is 0.166 e. The number of hydrogen-bond donors (Lipinski definition) is 2. The van der Waals surface area contributed by atoms with E-state index in [4.69, 9.17) is 16.3 Å². The molecule has 2 aliphatic heterocycles.